The molecule has 2 aromatic heterocycles. The van der Waals surface area contributed by atoms with Crippen molar-refractivity contribution in [1.82, 2.24) is 14.6 Å². The van der Waals surface area contributed by atoms with Crippen LogP contribution in [-0.2, 0) is 5.41 Å². The molecule has 0 amide bonds. The molecule has 0 radical (unpaired) electrons. The fourth-order valence-corrected chi connectivity index (χ4v) is 2.24. The molecule has 110 valence electrons. The van der Waals surface area contributed by atoms with E-state index in [0.717, 1.165) is 23.6 Å². The maximum absolute atomic E-state index is 5.73. The van der Waals surface area contributed by atoms with Gasteiger partial charge in [0.05, 0.1) is 5.69 Å². The highest BCUT2D eigenvalue weighted by Crippen LogP contribution is 2.26. The Morgan fingerprint density at radius 3 is 2.60 bits per heavy atom. The Morgan fingerprint density at radius 1 is 1.35 bits per heavy atom. The third-order valence-corrected chi connectivity index (χ3v) is 3.40. The minimum atomic E-state index is 0.0276. The highest BCUT2D eigenvalue weighted by atomic mass is 15.3. The summed E-state index contributed by atoms with van der Waals surface area (Å²) in [5.74, 6) is 0.955. The van der Waals surface area contributed by atoms with E-state index in [1.54, 1.807) is 6.20 Å². The Bertz CT molecular complexity index is 579. The molecule has 2 N–H and O–H groups in total. The molecule has 0 aromatic carbocycles. The molecule has 2 aromatic rings. The van der Waals surface area contributed by atoms with Crippen molar-refractivity contribution in [2.24, 2.45) is 5.73 Å². The Hall–Kier alpha value is -1.62. The lowest BCUT2D eigenvalue weighted by molar-refractivity contribution is 0.562. The first-order valence-electron chi connectivity index (χ1n) is 7.16. The van der Waals surface area contributed by atoms with Gasteiger partial charge >= 0.3 is 0 Å². The van der Waals surface area contributed by atoms with Crippen LogP contribution in [0.1, 0.15) is 40.3 Å². The smallest absolute Gasteiger partial charge is 0.154 e. The zero-order valence-corrected chi connectivity index (χ0v) is 13.1. The lowest BCUT2D eigenvalue weighted by Crippen LogP contribution is -2.36. The van der Waals surface area contributed by atoms with Crippen LogP contribution in [-0.4, -0.2) is 33.7 Å². The number of anilines is 1. The molecule has 0 aliphatic heterocycles. The van der Waals surface area contributed by atoms with Crippen LogP contribution < -0.4 is 10.6 Å². The molecular weight excluding hydrogens is 250 g/mol. The predicted octanol–water partition coefficient (Wildman–Crippen LogP) is 2.20. The van der Waals surface area contributed by atoms with Gasteiger partial charge in [-0.25, -0.2) is 9.50 Å². The highest BCUT2D eigenvalue weighted by molar-refractivity contribution is 5.69. The van der Waals surface area contributed by atoms with Crippen LogP contribution in [0.25, 0.3) is 5.52 Å². The van der Waals surface area contributed by atoms with Crippen molar-refractivity contribution in [3.8, 4) is 0 Å². The second-order valence-corrected chi connectivity index (χ2v) is 6.44. The van der Waals surface area contributed by atoms with Gasteiger partial charge in [0.15, 0.2) is 5.82 Å². The van der Waals surface area contributed by atoms with Crippen molar-refractivity contribution in [2.45, 2.75) is 46.1 Å². The Morgan fingerprint density at radius 2 is 2.05 bits per heavy atom. The van der Waals surface area contributed by atoms with E-state index in [2.05, 4.69) is 55.7 Å². The number of nitrogens with two attached hydrogens (primary N) is 1. The largest absolute Gasteiger partial charge is 0.351 e. The third-order valence-electron chi connectivity index (χ3n) is 3.40. The molecule has 2 rings (SSSR count). The van der Waals surface area contributed by atoms with Gasteiger partial charge in [-0.05, 0) is 19.9 Å². The first kappa shape index (κ1) is 14.8. The molecule has 20 heavy (non-hydrogen) atoms. The first-order valence-corrected chi connectivity index (χ1v) is 7.16. The predicted molar refractivity (Wildman–Crippen MR) is 83.2 cm³/mol. The maximum atomic E-state index is 5.73. The molecule has 0 saturated heterocycles. The SMILES string of the molecule is CC(C)N(CCN)c1nccn2nc(C(C)(C)C)cc12. The average Bonchev–Trinajstić information content (AvgIpc) is 2.79. The summed E-state index contributed by atoms with van der Waals surface area (Å²) in [6.45, 7) is 12.2. The molecule has 2 heterocycles. The highest BCUT2D eigenvalue weighted by Gasteiger charge is 2.21. The van der Waals surface area contributed by atoms with Gasteiger partial charge in [-0.1, -0.05) is 20.8 Å². The molecule has 0 spiro atoms. The quantitative estimate of drug-likeness (QED) is 0.929. The number of hydrogen-bond donors (Lipinski definition) is 1. The van der Waals surface area contributed by atoms with Gasteiger partial charge < -0.3 is 10.6 Å². The van der Waals surface area contributed by atoms with Crippen molar-refractivity contribution in [2.75, 3.05) is 18.0 Å². The van der Waals surface area contributed by atoms with Gasteiger partial charge in [-0.3, -0.25) is 0 Å². The van der Waals surface area contributed by atoms with E-state index in [1.807, 2.05) is 10.7 Å². The molecule has 5 heteroatoms. The van der Waals surface area contributed by atoms with Gasteiger partial charge in [0, 0.05) is 36.9 Å². The van der Waals surface area contributed by atoms with Crippen LogP contribution >= 0.6 is 0 Å². The molecule has 5 nitrogen and oxygen atoms in total. The first-order chi connectivity index (χ1) is 9.34. The van der Waals surface area contributed by atoms with Crippen molar-refractivity contribution in [3.05, 3.63) is 24.2 Å². The van der Waals surface area contributed by atoms with E-state index in [4.69, 9.17) is 5.73 Å². The van der Waals surface area contributed by atoms with E-state index in [9.17, 15) is 0 Å². The van der Waals surface area contributed by atoms with Crippen molar-refractivity contribution < 1.29 is 0 Å². The summed E-state index contributed by atoms with van der Waals surface area (Å²) in [5, 5.41) is 4.67. The molecule has 0 atom stereocenters. The summed E-state index contributed by atoms with van der Waals surface area (Å²) in [5.41, 5.74) is 7.87. The topological polar surface area (TPSA) is 59.5 Å². The molecule has 0 unspecified atom stereocenters. The van der Waals surface area contributed by atoms with E-state index in [1.165, 1.54) is 0 Å². The molecule has 0 aliphatic rings. The van der Waals surface area contributed by atoms with Crippen LogP contribution in [0.3, 0.4) is 0 Å². The van der Waals surface area contributed by atoms with Crippen LogP contribution in [0.15, 0.2) is 18.5 Å². The summed E-state index contributed by atoms with van der Waals surface area (Å²) >= 11 is 0. The van der Waals surface area contributed by atoms with Gasteiger partial charge in [-0.2, -0.15) is 5.10 Å². The zero-order valence-electron chi connectivity index (χ0n) is 13.1. The standard InChI is InChI=1S/C15H25N5/c1-11(2)19(8-6-16)14-12-10-13(15(3,4)5)18-20(12)9-7-17-14/h7,9-11H,6,8,16H2,1-5H3. The van der Waals surface area contributed by atoms with Gasteiger partial charge in [0.1, 0.15) is 5.52 Å². The molecule has 0 saturated carbocycles. The lowest BCUT2D eigenvalue weighted by atomic mass is 9.92. The van der Waals surface area contributed by atoms with Crippen LogP contribution in [0, 0.1) is 0 Å². The van der Waals surface area contributed by atoms with E-state index < -0.39 is 0 Å². The fourth-order valence-electron chi connectivity index (χ4n) is 2.24. The molecular formula is C15H25N5. The van der Waals surface area contributed by atoms with E-state index >= 15 is 0 Å². The van der Waals surface area contributed by atoms with Crippen LogP contribution in [0.5, 0.6) is 0 Å². The second kappa shape index (κ2) is 5.40. The third kappa shape index (κ3) is 2.77. The van der Waals surface area contributed by atoms with Gasteiger partial charge in [0.25, 0.3) is 0 Å². The molecule has 0 aliphatic carbocycles. The average molecular weight is 275 g/mol. The Balaban J connectivity index is 2.56. The number of rotatable bonds is 4. The fraction of sp³-hybridized carbons (Fsp3) is 0.600. The number of hydrogen-bond acceptors (Lipinski definition) is 4. The van der Waals surface area contributed by atoms with Crippen molar-refractivity contribution >= 4 is 11.3 Å². The molecule has 0 fully saturated rings. The lowest BCUT2D eigenvalue weighted by Gasteiger charge is -2.27. The summed E-state index contributed by atoms with van der Waals surface area (Å²) in [4.78, 5) is 6.78. The van der Waals surface area contributed by atoms with Gasteiger partial charge in [-0.15, -0.1) is 0 Å². The maximum Gasteiger partial charge on any atom is 0.154 e. The summed E-state index contributed by atoms with van der Waals surface area (Å²) < 4.78 is 1.91. The van der Waals surface area contributed by atoms with Crippen molar-refractivity contribution in [3.63, 3.8) is 0 Å². The van der Waals surface area contributed by atoms with Crippen LogP contribution in [0.2, 0.25) is 0 Å². The van der Waals surface area contributed by atoms with E-state index in [-0.39, 0.29) is 5.41 Å². The summed E-state index contributed by atoms with van der Waals surface area (Å²) in [7, 11) is 0. The summed E-state index contributed by atoms with van der Waals surface area (Å²) in [6.07, 6.45) is 3.70. The van der Waals surface area contributed by atoms with E-state index in [0.29, 0.717) is 12.6 Å². The van der Waals surface area contributed by atoms with Crippen LogP contribution in [0.4, 0.5) is 5.82 Å². The Kier molecular flexibility index (Phi) is 3.99. The van der Waals surface area contributed by atoms with Crippen molar-refractivity contribution in [1.29, 1.82) is 0 Å². The number of nitrogens with zero attached hydrogens (tertiary/aromatic N) is 4. The summed E-state index contributed by atoms with van der Waals surface area (Å²) in [6, 6.07) is 2.49. The Labute approximate surface area is 120 Å². The second-order valence-electron chi connectivity index (χ2n) is 6.44. The van der Waals surface area contributed by atoms with Gasteiger partial charge in [0.2, 0.25) is 0 Å². The normalized spacial score (nSPS) is 12.3. The minimum absolute atomic E-state index is 0.0276. The minimum Gasteiger partial charge on any atom is -0.351 e. The molecule has 0 bridgehead atoms. The number of fused-ring (bicyclic) bond motifs is 1. The number of aromatic nitrogens is 3. The monoisotopic (exact) mass is 275 g/mol. The zero-order chi connectivity index (χ0) is 14.9.